The van der Waals surface area contributed by atoms with Crippen LogP contribution >= 0.6 is 0 Å². The highest BCUT2D eigenvalue weighted by Gasteiger charge is 2.45. The van der Waals surface area contributed by atoms with E-state index in [0.29, 0.717) is 69.4 Å². The van der Waals surface area contributed by atoms with Crippen LogP contribution in [0, 0.1) is 0 Å². The third-order valence-corrected chi connectivity index (χ3v) is 15.6. The van der Waals surface area contributed by atoms with Crippen LogP contribution in [-0.2, 0) is 76.9 Å². The van der Waals surface area contributed by atoms with Crippen LogP contribution in [0.1, 0.15) is 94.9 Å². The molecule has 0 bridgehead atoms. The Labute approximate surface area is 401 Å². The second-order valence-corrected chi connectivity index (χ2v) is 23.9. The van der Waals surface area contributed by atoms with Gasteiger partial charge in [0.2, 0.25) is 5.69 Å². The summed E-state index contributed by atoms with van der Waals surface area (Å²) in [5.41, 5.74) is 3.44. The molecular formula is C46H54N3O16S4+. The van der Waals surface area contributed by atoms with Gasteiger partial charge in [0.1, 0.15) is 6.54 Å². The predicted octanol–water partition coefficient (Wildman–Crippen LogP) is 5.75. The smallest absolute Gasteiger partial charge is 0.333 e. The Balaban J connectivity index is 1.47. The largest absolute Gasteiger partial charge is 0.344 e. The van der Waals surface area contributed by atoms with Crippen molar-refractivity contribution < 1.29 is 75.7 Å². The van der Waals surface area contributed by atoms with Gasteiger partial charge in [0.15, 0.2) is 5.71 Å². The van der Waals surface area contributed by atoms with Gasteiger partial charge in [-0.1, -0.05) is 44.2 Å². The third kappa shape index (κ3) is 12.5. The van der Waals surface area contributed by atoms with Crippen LogP contribution in [0.15, 0.2) is 100 Å². The number of carbonyl (C=O) groups is 3. The van der Waals surface area contributed by atoms with Crippen LogP contribution in [0.25, 0.3) is 5.57 Å². The highest BCUT2D eigenvalue weighted by atomic mass is 32.2. The van der Waals surface area contributed by atoms with Crippen LogP contribution in [0.4, 0.5) is 11.4 Å². The van der Waals surface area contributed by atoms with Gasteiger partial charge in [-0.2, -0.15) is 38.2 Å². The van der Waals surface area contributed by atoms with E-state index in [9.17, 15) is 66.3 Å². The first-order valence-corrected chi connectivity index (χ1v) is 27.9. The van der Waals surface area contributed by atoms with Crippen molar-refractivity contribution in [1.82, 2.24) is 5.06 Å². The number of nitrogens with zero attached hydrogens (tertiary/aromatic N) is 3. The maximum Gasteiger partial charge on any atom is 0.333 e. The van der Waals surface area contributed by atoms with Gasteiger partial charge in [-0.3, -0.25) is 27.8 Å². The summed E-state index contributed by atoms with van der Waals surface area (Å²) in [4.78, 5) is 42.7. The minimum atomic E-state index is -4.63. The van der Waals surface area contributed by atoms with Gasteiger partial charge in [0, 0.05) is 66.7 Å². The zero-order valence-electron chi connectivity index (χ0n) is 38.2. The predicted molar refractivity (Wildman–Crippen MR) is 254 cm³/mol. The van der Waals surface area contributed by atoms with Crippen LogP contribution in [0.5, 0.6) is 0 Å². The van der Waals surface area contributed by atoms with Crippen molar-refractivity contribution in [2.45, 2.75) is 99.7 Å². The monoisotopic (exact) mass is 1030 g/mol. The van der Waals surface area contributed by atoms with Crippen LogP contribution in [0.2, 0.25) is 0 Å². The van der Waals surface area contributed by atoms with Crippen molar-refractivity contribution in [3.8, 4) is 0 Å². The minimum absolute atomic E-state index is 0.0239. The van der Waals surface area contributed by atoms with Crippen LogP contribution < -0.4 is 4.90 Å². The Kier molecular flexibility index (Phi) is 15.5. The molecule has 0 aliphatic carbocycles. The summed E-state index contributed by atoms with van der Waals surface area (Å²) in [5, 5.41) is 0.494. The lowest BCUT2D eigenvalue weighted by atomic mass is 9.81. The summed E-state index contributed by atoms with van der Waals surface area (Å²) < 4.78 is 137. The van der Waals surface area contributed by atoms with Crippen LogP contribution in [-0.4, -0.2) is 110 Å². The molecule has 23 heteroatoms. The number of anilines is 1. The molecule has 3 heterocycles. The molecule has 3 aromatic carbocycles. The highest BCUT2D eigenvalue weighted by molar-refractivity contribution is 7.86. The topological polar surface area (TPSA) is 287 Å². The summed E-state index contributed by atoms with van der Waals surface area (Å²) in [6.45, 7) is 7.44. The molecule has 19 nitrogen and oxygen atoms in total. The minimum Gasteiger partial charge on any atom is -0.344 e. The van der Waals surface area contributed by atoms with Crippen molar-refractivity contribution in [2.75, 3.05) is 29.5 Å². The number of amides is 2. The van der Waals surface area contributed by atoms with Crippen molar-refractivity contribution in [3.05, 3.63) is 113 Å². The molecule has 0 saturated carbocycles. The number of allylic oxidation sites excluding steroid dienone is 6. The Morgan fingerprint density at radius 3 is 1.96 bits per heavy atom. The van der Waals surface area contributed by atoms with Gasteiger partial charge < -0.3 is 9.74 Å². The molecule has 0 atom stereocenters. The number of imide groups is 1. The molecule has 2 amide bonds. The van der Waals surface area contributed by atoms with E-state index >= 15 is 0 Å². The van der Waals surface area contributed by atoms with Crippen molar-refractivity contribution in [3.63, 3.8) is 0 Å². The molecular weight excluding hydrogens is 979 g/mol. The van der Waals surface area contributed by atoms with E-state index < -0.39 is 80.6 Å². The van der Waals surface area contributed by atoms with E-state index in [2.05, 4.69) is 0 Å². The number of hydroxylamine groups is 2. The molecule has 69 heavy (non-hydrogen) atoms. The SMILES string of the molecule is CC1(C)C(/C=C/C(=C/C=C2/N(CCCS(=O)(=O)O)c3ccc(S(=O)(=O)O)cc3C2(C)C)c2ccccc2CCCCC(=O)ON2C(=O)CCC2=O)=[N+](CCCS(=O)(=O)O)c2ccc(S(=O)(=O)O)cc21. The quantitative estimate of drug-likeness (QED) is 0.0344. The summed E-state index contributed by atoms with van der Waals surface area (Å²) in [6.07, 6.45) is 8.17. The summed E-state index contributed by atoms with van der Waals surface area (Å²) in [5.74, 6) is -3.06. The van der Waals surface area contributed by atoms with E-state index in [4.69, 9.17) is 4.84 Å². The van der Waals surface area contributed by atoms with E-state index in [-0.39, 0.29) is 55.0 Å². The Morgan fingerprint density at radius 1 is 0.739 bits per heavy atom. The first kappa shape index (κ1) is 53.0. The normalized spacial score (nSPS) is 17.9. The van der Waals surface area contributed by atoms with Gasteiger partial charge in [0.25, 0.3) is 52.3 Å². The number of fused-ring (bicyclic) bond motifs is 2. The molecule has 0 unspecified atom stereocenters. The molecule has 0 spiro atoms. The molecule has 0 radical (unpaired) electrons. The lowest BCUT2D eigenvalue weighted by Gasteiger charge is -2.27. The number of carbonyl (C=O) groups excluding carboxylic acids is 3. The molecule has 372 valence electrons. The molecule has 6 rings (SSSR count). The fraction of sp³-hybridized carbons (Fsp3) is 0.391. The van der Waals surface area contributed by atoms with Crippen molar-refractivity contribution in [1.29, 1.82) is 0 Å². The summed E-state index contributed by atoms with van der Waals surface area (Å²) in [7, 11) is -18.0. The lowest BCUT2D eigenvalue weighted by molar-refractivity contribution is -0.437. The average Bonchev–Trinajstić information content (AvgIpc) is 3.75. The highest BCUT2D eigenvalue weighted by Crippen LogP contribution is 2.49. The molecule has 1 saturated heterocycles. The Morgan fingerprint density at radius 2 is 1.33 bits per heavy atom. The molecule has 3 aliphatic rings. The first-order chi connectivity index (χ1) is 32.0. The zero-order valence-corrected chi connectivity index (χ0v) is 41.5. The van der Waals surface area contributed by atoms with Crippen molar-refractivity contribution >= 4 is 80.9 Å². The summed E-state index contributed by atoms with van der Waals surface area (Å²) >= 11 is 0. The van der Waals surface area contributed by atoms with E-state index in [1.54, 1.807) is 33.8 Å². The molecule has 0 aromatic heterocycles. The summed E-state index contributed by atoms with van der Waals surface area (Å²) in [6, 6.07) is 15.5. The van der Waals surface area contributed by atoms with E-state index in [1.807, 2.05) is 52.0 Å². The fourth-order valence-corrected chi connectivity index (χ4v) is 10.9. The fourth-order valence-electron chi connectivity index (χ4n) is 8.90. The molecule has 3 aliphatic heterocycles. The second-order valence-electron chi connectivity index (χ2n) is 17.9. The van der Waals surface area contributed by atoms with Gasteiger partial charge in [0.05, 0.1) is 26.7 Å². The van der Waals surface area contributed by atoms with E-state index in [0.717, 1.165) is 5.56 Å². The van der Waals surface area contributed by atoms with Gasteiger partial charge in [-0.25, -0.2) is 4.79 Å². The van der Waals surface area contributed by atoms with Gasteiger partial charge in [-0.15, -0.1) is 5.06 Å². The standard InChI is InChI=1S/C46H53N3O16S4/c1-45(2)36-29-33(68(59,60)61)17-19-38(36)47(25-9-27-66(53,54)55)40(45)21-15-32(35-13-7-5-11-31(35)12-6-8-14-44(52)65-49-42(50)23-24-43(49)51)16-22-41-46(3,4)37-30-34(69(62,63)64)18-20-39(37)48(41)26-10-28-67(56,57)58/h5,7,11,13,15-22,29-30H,6,8-10,12,14,23-28H2,1-4H3,(H3-,53,54,55,56,57,58,59,60,61,62,63,64)/p+1. The third-order valence-electron chi connectivity index (χ3n) is 12.3. The first-order valence-electron chi connectivity index (χ1n) is 21.8. The molecule has 1 fully saturated rings. The van der Waals surface area contributed by atoms with E-state index in [1.165, 1.54) is 36.4 Å². The van der Waals surface area contributed by atoms with Crippen molar-refractivity contribution in [2.24, 2.45) is 0 Å². The number of rotatable bonds is 20. The number of aryl methyl sites for hydroxylation is 1. The van der Waals surface area contributed by atoms with Gasteiger partial charge >= 0.3 is 5.97 Å². The maximum atomic E-state index is 12.6. The average molecular weight is 1030 g/mol. The zero-order chi connectivity index (χ0) is 50.9. The second kappa shape index (κ2) is 20.1. The molecule has 4 N–H and O–H groups in total. The number of hydrogen-bond acceptors (Lipinski definition) is 13. The lowest BCUT2D eigenvalue weighted by Crippen LogP contribution is -2.31. The maximum absolute atomic E-state index is 12.6. The Bertz CT molecular complexity index is 3160. The molecule has 3 aromatic rings. The van der Waals surface area contributed by atoms with Crippen LogP contribution in [0.3, 0.4) is 0 Å². The van der Waals surface area contributed by atoms with Gasteiger partial charge in [-0.05, 0) is 104 Å². The number of unbranched alkanes of at least 4 members (excludes halogenated alkanes) is 1. The number of hydrogen-bond donors (Lipinski definition) is 4. The number of benzene rings is 3. The Hall–Kier alpha value is -5.40.